The fourth-order valence-electron chi connectivity index (χ4n) is 5.60. The summed E-state index contributed by atoms with van der Waals surface area (Å²) in [6, 6.07) is 6.27. The van der Waals surface area contributed by atoms with Crippen molar-refractivity contribution < 1.29 is 27.1 Å². The van der Waals surface area contributed by atoms with Crippen LogP contribution in [-0.4, -0.2) is 50.3 Å². The molecule has 1 aromatic carbocycles. The zero-order chi connectivity index (χ0) is 25.0. The molecule has 3 aliphatic rings. The molecule has 188 valence electrons. The van der Waals surface area contributed by atoms with Gasteiger partial charge in [0, 0.05) is 56.0 Å². The van der Waals surface area contributed by atoms with Gasteiger partial charge in [0.1, 0.15) is 30.0 Å². The first-order valence-electron chi connectivity index (χ1n) is 11.8. The molecule has 3 fully saturated rings. The van der Waals surface area contributed by atoms with E-state index in [4.69, 9.17) is 4.74 Å². The van der Waals surface area contributed by atoms with E-state index < -0.39 is 36.1 Å². The highest BCUT2D eigenvalue weighted by Gasteiger charge is 2.58. The molecule has 7 nitrogen and oxygen atoms in total. The minimum atomic E-state index is -2.63. The van der Waals surface area contributed by atoms with Crippen molar-refractivity contribution >= 4 is 11.7 Å². The summed E-state index contributed by atoms with van der Waals surface area (Å²) >= 11 is 0. The maximum Gasteiger partial charge on any atom is 0.318 e. The third-order valence-corrected chi connectivity index (χ3v) is 7.37. The molecular formula is C25H23F4N5O2. The lowest BCUT2D eigenvalue weighted by Crippen LogP contribution is -2.50. The molecule has 11 heteroatoms. The number of fused-ring (bicyclic) bond motifs is 1. The zero-order valence-electron chi connectivity index (χ0n) is 19.2. The monoisotopic (exact) mass is 501 g/mol. The van der Waals surface area contributed by atoms with Crippen molar-refractivity contribution in [1.82, 2.24) is 19.4 Å². The summed E-state index contributed by atoms with van der Waals surface area (Å²) in [7, 11) is 0. The molecular weight excluding hydrogens is 478 g/mol. The van der Waals surface area contributed by atoms with Crippen LogP contribution in [0, 0.1) is 11.6 Å². The number of piperidine rings is 1. The van der Waals surface area contributed by atoms with Crippen molar-refractivity contribution in [3.8, 4) is 11.3 Å². The van der Waals surface area contributed by atoms with Crippen LogP contribution in [0.3, 0.4) is 0 Å². The minimum Gasteiger partial charge on any atom is -0.356 e. The lowest BCUT2D eigenvalue weighted by Gasteiger charge is -2.38. The van der Waals surface area contributed by atoms with Gasteiger partial charge in [0.25, 0.3) is 5.91 Å². The molecule has 1 spiro atoms. The van der Waals surface area contributed by atoms with Crippen LogP contribution in [-0.2, 0) is 9.53 Å². The molecule has 3 aromatic rings. The number of amides is 1. The number of anilines is 1. The fourth-order valence-corrected chi connectivity index (χ4v) is 5.60. The molecule has 36 heavy (non-hydrogen) atoms. The second kappa shape index (κ2) is 8.58. The number of hydrogen-bond acceptors (Lipinski definition) is 5. The summed E-state index contributed by atoms with van der Waals surface area (Å²) in [5.74, 6) is -0.840. The van der Waals surface area contributed by atoms with Gasteiger partial charge in [-0.25, -0.2) is 18.7 Å². The highest BCUT2D eigenvalue weighted by atomic mass is 19.3. The molecule has 0 unspecified atom stereocenters. The molecule has 1 amide bonds. The van der Waals surface area contributed by atoms with E-state index in [1.54, 1.807) is 17.0 Å². The number of carbonyl (C=O) groups is 1. The van der Waals surface area contributed by atoms with Crippen LogP contribution in [0.4, 0.5) is 23.4 Å². The Bertz CT molecular complexity index is 1290. The first-order chi connectivity index (χ1) is 17.3. The van der Waals surface area contributed by atoms with Gasteiger partial charge in [-0.15, -0.1) is 0 Å². The molecule has 2 atom stereocenters. The number of nitrogens with zero attached hydrogens (tertiary/aromatic N) is 5. The molecule has 0 radical (unpaired) electrons. The van der Waals surface area contributed by atoms with E-state index in [1.165, 1.54) is 30.9 Å². The summed E-state index contributed by atoms with van der Waals surface area (Å²) in [5.41, 5.74) is 0.548. The van der Waals surface area contributed by atoms with Crippen LogP contribution >= 0.6 is 0 Å². The van der Waals surface area contributed by atoms with Crippen LogP contribution in [0.2, 0.25) is 0 Å². The standard InChI is InChI=1S/C25H23F4N5O2/c26-17-9-16(10-18(27)11-17)20-1-2-22-34(20)23(35)25(36-22)4-7-32(8-5-25)21-12-19(30-14-31-21)15-3-6-33(13-15)24(28)29/h3,6,9-14,20,22,24H,1-2,4-5,7-8H2/t20-,22+/m0/s1. The zero-order valence-corrected chi connectivity index (χ0v) is 19.2. The van der Waals surface area contributed by atoms with Crippen molar-refractivity contribution in [1.29, 1.82) is 0 Å². The van der Waals surface area contributed by atoms with Crippen LogP contribution < -0.4 is 4.90 Å². The number of carbonyl (C=O) groups excluding carboxylic acids is 1. The molecule has 3 saturated heterocycles. The number of hydrogen-bond donors (Lipinski definition) is 0. The topological polar surface area (TPSA) is 63.5 Å². The van der Waals surface area contributed by atoms with E-state index in [0.717, 1.165) is 10.6 Å². The molecule has 0 aliphatic carbocycles. The second-order valence-electron chi connectivity index (χ2n) is 9.45. The molecule has 6 rings (SSSR count). The van der Waals surface area contributed by atoms with E-state index in [0.29, 0.717) is 61.4 Å². The summed E-state index contributed by atoms with van der Waals surface area (Å²) in [6.07, 6.45) is 5.67. The Kier molecular flexibility index (Phi) is 5.47. The van der Waals surface area contributed by atoms with Crippen LogP contribution in [0.5, 0.6) is 0 Å². The Labute approximate surface area is 204 Å². The summed E-state index contributed by atoms with van der Waals surface area (Å²) < 4.78 is 60.6. The van der Waals surface area contributed by atoms with Crippen molar-refractivity contribution in [3.63, 3.8) is 0 Å². The summed E-state index contributed by atoms with van der Waals surface area (Å²) in [6.45, 7) is -1.63. The van der Waals surface area contributed by atoms with Gasteiger partial charge >= 0.3 is 6.55 Å². The molecule has 2 aromatic heterocycles. The highest BCUT2D eigenvalue weighted by molar-refractivity contribution is 5.88. The number of ether oxygens (including phenoxy) is 1. The van der Waals surface area contributed by atoms with Crippen molar-refractivity contribution in [2.75, 3.05) is 18.0 Å². The minimum absolute atomic E-state index is 0.143. The van der Waals surface area contributed by atoms with Gasteiger partial charge < -0.3 is 14.5 Å². The Hall–Kier alpha value is -3.47. The molecule has 3 aliphatic heterocycles. The van der Waals surface area contributed by atoms with E-state index >= 15 is 0 Å². The maximum atomic E-state index is 13.8. The maximum absolute atomic E-state index is 13.8. The van der Waals surface area contributed by atoms with Gasteiger partial charge in [-0.1, -0.05) is 0 Å². The summed E-state index contributed by atoms with van der Waals surface area (Å²) in [4.78, 5) is 25.8. The summed E-state index contributed by atoms with van der Waals surface area (Å²) in [5, 5.41) is 0. The Morgan fingerprint density at radius 2 is 1.78 bits per heavy atom. The lowest BCUT2D eigenvalue weighted by molar-refractivity contribution is -0.140. The van der Waals surface area contributed by atoms with Crippen LogP contribution in [0.15, 0.2) is 49.1 Å². The first-order valence-corrected chi connectivity index (χ1v) is 11.8. The van der Waals surface area contributed by atoms with Gasteiger partial charge in [-0.3, -0.25) is 9.36 Å². The largest absolute Gasteiger partial charge is 0.356 e. The average Bonchev–Trinajstić information content (AvgIpc) is 3.56. The number of aromatic nitrogens is 3. The van der Waals surface area contributed by atoms with Crippen molar-refractivity contribution in [2.24, 2.45) is 0 Å². The highest BCUT2D eigenvalue weighted by Crippen LogP contribution is 2.48. The predicted octanol–water partition coefficient (Wildman–Crippen LogP) is 4.68. The van der Waals surface area contributed by atoms with Crippen molar-refractivity contribution in [2.45, 2.75) is 50.1 Å². The molecule has 0 N–H and O–H groups in total. The van der Waals surface area contributed by atoms with Crippen LogP contribution in [0.25, 0.3) is 11.3 Å². The molecule has 0 saturated carbocycles. The SMILES string of the molecule is O=C1N2[C@@H](CC[C@H]2c2cc(F)cc(F)c2)OC12CCN(c1cc(-c3ccn(C(F)F)c3)ncn1)CC2. The lowest BCUT2D eigenvalue weighted by atomic mass is 9.89. The number of benzene rings is 1. The number of halogens is 4. The van der Waals surface area contributed by atoms with Crippen molar-refractivity contribution in [3.05, 3.63) is 66.3 Å². The average molecular weight is 501 g/mol. The van der Waals surface area contributed by atoms with E-state index in [-0.39, 0.29) is 5.91 Å². The van der Waals surface area contributed by atoms with E-state index in [9.17, 15) is 22.4 Å². The third kappa shape index (κ3) is 3.82. The van der Waals surface area contributed by atoms with E-state index in [2.05, 4.69) is 9.97 Å². The Balaban J connectivity index is 1.17. The van der Waals surface area contributed by atoms with Gasteiger partial charge in [0.15, 0.2) is 5.60 Å². The Morgan fingerprint density at radius 1 is 1.03 bits per heavy atom. The van der Waals surface area contributed by atoms with Gasteiger partial charge in [-0.2, -0.15) is 8.78 Å². The van der Waals surface area contributed by atoms with Crippen LogP contribution in [0.1, 0.15) is 43.8 Å². The van der Waals surface area contributed by atoms with Gasteiger partial charge in [-0.05, 0) is 36.6 Å². The normalized spacial score (nSPS) is 23.2. The Morgan fingerprint density at radius 3 is 2.47 bits per heavy atom. The smallest absolute Gasteiger partial charge is 0.318 e. The van der Waals surface area contributed by atoms with Gasteiger partial charge in [0.2, 0.25) is 0 Å². The third-order valence-electron chi connectivity index (χ3n) is 7.37. The molecule has 5 heterocycles. The predicted molar refractivity (Wildman–Crippen MR) is 121 cm³/mol. The van der Waals surface area contributed by atoms with E-state index in [1.807, 2.05) is 4.90 Å². The fraction of sp³-hybridized carbons (Fsp3) is 0.400. The number of alkyl halides is 2. The second-order valence-corrected chi connectivity index (χ2v) is 9.45. The van der Waals surface area contributed by atoms with Gasteiger partial charge in [0.05, 0.1) is 11.7 Å². The first kappa shape index (κ1) is 23.0. The quantitative estimate of drug-likeness (QED) is 0.486. The molecule has 0 bridgehead atoms. The number of rotatable bonds is 4.